The van der Waals surface area contributed by atoms with Crippen LogP contribution in [0.4, 0.5) is 22.0 Å². The number of aromatic amines is 1. The van der Waals surface area contributed by atoms with E-state index in [0.717, 1.165) is 28.7 Å². The number of benzene rings is 1. The van der Waals surface area contributed by atoms with E-state index in [2.05, 4.69) is 9.97 Å². The predicted octanol–water partition coefficient (Wildman–Crippen LogP) is 4.01. The second kappa shape index (κ2) is 4.28. The lowest BCUT2D eigenvalue weighted by atomic mass is 10.1. The molecule has 0 radical (unpaired) electrons. The predicted molar refractivity (Wildman–Crippen MR) is 74.1 cm³/mol. The summed E-state index contributed by atoms with van der Waals surface area (Å²) in [5, 5.41) is 0. The Bertz CT molecular complexity index is 712. The summed E-state index contributed by atoms with van der Waals surface area (Å²) in [5.41, 5.74) is 2.76. The van der Waals surface area contributed by atoms with E-state index in [-0.39, 0.29) is 16.9 Å². The van der Waals surface area contributed by atoms with Crippen molar-refractivity contribution in [2.75, 3.05) is 0 Å². The molecule has 1 aliphatic carbocycles. The second-order valence-corrected chi connectivity index (χ2v) is 6.51. The lowest BCUT2D eigenvalue weighted by molar-refractivity contribution is -0.136. The van der Waals surface area contributed by atoms with Gasteiger partial charge in [0.1, 0.15) is 11.3 Å². The van der Waals surface area contributed by atoms with Crippen LogP contribution in [0, 0.1) is 0 Å². The molecule has 21 heavy (non-hydrogen) atoms. The van der Waals surface area contributed by atoms with E-state index >= 15 is 0 Å². The number of fused-ring (bicyclic) bond motifs is 1. The fraction of sp³-hybridized carbons (Fsp3) is 0.417. The summed E-state index contributed by atoms with van der Waals surface area (Å²) in [4.78, 5) is 6.54. The van der Waals surface area contributed by atoms with Crippen LogP contribution in [0.15, 0.2) is 12.1 Å². The van der Waals surface area contributed by atoms with Crippen molar-refractivity contribution in [2.45, 2.75) is 28.5 Å². The number of H-pyrrole nitrogens is 1. The van der Waals surface area contributed by atoms with Gasteiger partial charge < -0.3 is 10.7 Å². The summed E-state index contributed by atoms with van der Waals surface area (Å²) < 4.78 is 62.5. The molecule has 0 unspecified atom stereocenters. The highest BCUT2D eigenvalue weighted by Gasteiger charge is 2.44. The van der Waals surface area contributed by atoms with Crippen molar-refractivity contribution in [3.63, 3.8) is 0 Å². The van der Waals surface area contributed by atoms with Gasteiger partial charge in [0.25, 0.3) is 0 Å². The number of halogens is 6. The summed E-state index contributed by atoms with van der Waals surface area (Å²) in [6.07, 6.45) is -3.57. The van der Waals surface area contributed by atoms with Crippen LogP contribution in [0.1, 0.15) is 29.8 Å². The first-order valence-corrected chi connectivity index (χ1v) is 7.06. The van der Waals surface area contributed by atoms with Crippen molar-refractivity contribution < 1.29 is 22.0 Å². The number of alkyl halides is 6. The third kappa shape index (κ3) is 2.60. The highest BCUT2D eigenvalue weighted by Crippen LogP contribution is 2.45. The number of hydrogen-bond donors (Lipinski definition) is 2. The van der Waals surface area contributed by atoms with Gasteiger partial charge in [-0.05, 0) is 25.0 Å². The maximum atomic E-state index is 13.4. The zero-order valence-corrected chi connectivity index (χ0v) is 12.5. The smallest absolute Gasteiger partial charge is 0.340 e. The highest BCUT2D eigenvalue weighted by molar-refractivity contribution is 14.1. The Morgan fingerprint density at radius 1 is 1.19 bits per heavy atom. The van der Waals surface area contributed by atoms with Gasteiger partial charge in [-0.15, -0.1) is 0 Å². The third-order valence-corrected chi connectivity index (χ3v) is 4.10. The van der Waals surface area contributed by atoms with Gasteiger partial charge in [0.2, 0.25) is 0 Å². The van der Waals surface area contributed by atoms with Crippen molar-refractivity contribution in [1.82, 2.24) is 9.97 Å². The number of aromatic nitrogens is 2. The molecular formula is C12H9F5IN3. The van der Waals surface area contributed by atoms with E-state index in [9.17, 15) is 22.0 Å². The van der Waals surface area contributed by atoms with Crippen LogP contribution in [0.25, 0.3) is 11.0 Å². The fourth-order valence-electron chi connectivity index (χ4n) is 2.10. The standard InChI is InChI=1S/C12H9F5IN3/c13-11(14,15)6-3-5(12(16,17)18)4-7-8(6)21-9(20-7)10(19)1-2-10/h3-4H,1-2,19H2,(H,20,21). The van der Waals surface area contributed by atoms with Gasteiger partial charge >= 0.3 is 10.1 Å². The zero-order chi connectivity index (χ0) is 15.6. The first-order chi connectivity index (χ1) is 9.51. The molecule has 0 saturated heterocycles. The van der Waals surface area contributed by atoms with Crippen LogP contribution in [0.3, 0.4) is 0 Å². The Balaban J connectivity index is 2.27. The SMILES string of the molecule is NC1(c2nc3c(C(F)(F)F)cc(C(F)(F)I)cc3[nH]2)CC1. The van der Waals surface area contributed by atoms with Crippen LogP contribution >= 0.6 is 22.6 Å². The van der Waals surface area contributed by atoms with E-state index < -0.39 is 26.8 Å². The Labute approximate surface area is 129 Å². The number of rotatable bonds is 2. The molecule has 1 saturated carbocycles. The van der Waals surface area contributed by atoms with E-state index in [1.54, 1.807) is 0 Å². The summed E-state index contributed by atoms with van der Waals surface area (Å²) >= 11 is 0.796. The molecule has 114 valence electrons. The van der Waals surface area contributed by atoms with Crippen molar-refractivity contribution in [2.24, 2.45) is 5.73 Å². The minimum atomic E-state index is -4.77. The lowest BCUT2D eigenvalue weighted by Gasteiger charge is -2.13. The first kappa shape index (κ1) is 14.9. The van der Waals surface area contributed by atoms with Crippen molar-refractivity contribution in [3.8, 4) is 0 Å². The normalized spacial score (nSPS) is 18.2. The zero-order valence-electron chi connectivity index (χ0n) is 10.4. The number of imidazole rings is 1. The molecule has 0 spiro atoms. The summed E-state index contributed by atoms with van der Waals surface area (Å²) in [7, 11) is 0. The van der Waals surface area contributed by atoms with E-state index in [4.69, 9.17) is 5.73 Å². The molecule has 1 aromatic heterocycles. The van der Waals surface area contributed by atoms with Crippen molar-refractivity contribution in [1.29, 1.82) is 0 Å². The Morgan fingerprint density at radius 2 is 1.81 bits per heavy atom. The van der Waals surface area contributed by atoms with Crippen LogP contribution in [0.2, 0.25) is 0 Å². The summed E-state index contributed by atoms with van der Waals surface area (Å²) in [6, 6.07) is 1.43. The Morgan fingerprint density at radius 3 is 2.29 bits per heavy atom. The molecule has 3 rings (SSSR count). The van der Waals surface area contributed by atoms with Gasteiger partial charge in [0, 0.05) is 28.2 Å². The fourth-order valence-corrected chi connectivity index (χ4v) is 2.42. The Hall–Kier alpha value is -0.970. The van der Waals surface area contributed by atoms with Crippen molar-refractivity contribution >= 4 is 33.6 Å². The molecule has 1 aliphatic rings. The number of nitrogens with two attached hydrogens (primary N) is 1. The minimum Gasteiger partial charge on any atom is -0.340 e. The summed E-state index contributed by atoms with van der Waals surface area (Å²) in [5.74, 6) is 0.205. The number of nitrogens with zero attached hydrogens (tertiary/aromatic N) is 1. The van der Waals surface area contributed by atoms with Crippen molar-refractivity contribution in [3.05, 3.63) is 29.1 Å². The molecule has 0 amide bonds. The molecule has 3 nitrogen and oxygen atoms in total. The van der Waals surface area contributed by atoms with Crippen LogP contribution < -0.4 is 5.73 Å². The van der Waals surface area contributed by atoms with Gasteiger partial charge in [-0.25, -0.2) is 4.98 Å². The quantitative estimate of drug-likeness (QED) is 0.441. The van der Waals surface area contributed by atoms with Crippen LogP contribution in [-0.2, 0) is 15.6 Å². The highest BCUT2D eigenvalue weighted by atomic mass is 127. The number of hydrogen-bond acceptors (Lipinski definition) is 2. The Kier molecular flexibility index (Phi) is 3.04. The molecule has 1 aromatic carbocycles. The van der Waals surface area contributed by atoms with Gasteiger partial charge in [-0.1, -0.05) is 0 Å². The van der Waals surface area contributed by atoms with Crippen LogP contribution in [-0.4, -0.2) is 9.97 Å². The molecule has 0 bridgehead atoms. The van der Waals surface area contributed by atoms with E-state index in [0.29, 0.717) is 18.9 Å². The first-order valence-electron chi connectivity index (χ1n) is 5.98. The van der Waals surface area contributed by atoms with Gasteiger partial charge in [-0.3, -0.25) is 0 Å². The maximum Gasteiger partial charge on any atom is 0.418 e. The topological polar surface area (TPSA) is 54.7 Å². The molecular weight excluding hydrogens is 408 g/mol. The molecule has 1 fully saturated rings. The molecule has 0 aliphatic heterocycles. The van der Waals surface area contributed by atoms with Gasteiger partial charge in [0.05, 0.1) is 16.6 Å². The molecule has 9 heteroatoms. The molecule has 2 aromatic rings. The molecule has 0 atom stereocenters. The monoisotopic (exact) mass is 417 g/mol. The van der Waals surface area contributed by atoms with E-state index in [1.807, 2.05) is 0 Å². The third-order valence-electron chi connectivity index (χ3n) is 3.48. The average Bonchev–Trinajstić information content (AvgIpc) is 2.92. The van der Waals surface area contributed by atoms with Gasteiger partial charge in [0.15, 0.2) is 0 Å². The van der Waals surface area contributed by atoms with Crippen LogP contribution in [0.5, 0.6) is 0 Å². The molecule has 1 heterocycles. The second-order valence-electron chi connectivity index (χ2n) is 5.16. The number of nitrogens with one attached hydrogen (secondary N) is 1. The lowest BCUT2D eigenvalue weighted by Crippen LogP contribution is -2.20. The van der Waals surface area contributed by atoms with E-state index in [1.165, 1.54) is 0 Å². The average molecular weight is 417 g/mol. The van der Waals surface area contributed by atoms with Gasteiger partial charge in [-0.2, -0.15) is 22.0 Å². The summed E-state index contributed by atoms with van der Waals surface area (Å²) in [6.45, 7) is 0. The minimum absolute atomic E-state index is 0.0807. The largest absolute Gasteiger partial charge is 0.418 e. The maximum absolute atomic E-state index is 13.4. The molecule has 3 N–H and O–H groups in total.